The van der Waals surface area contributed by atoms with Gasteiger partial charge in [-0.05, 0) is 77.8 Å². The average molecular weight is 606 g/mol. The quantitative estimate of drug-likeness (QED) is 0.192. The van der Waals surface area contributed by atoms with Crippen molar-refractivity contribution < 1.29 is 14.1 Å². The molecule has 4 nitrogen and oxygen atoms in total. The third-order valence-corrected chi connectivity index (χ3v) is 9.48. The van der Waals surface area contributed by atoms with Gasteiger partial charge >= 0.3 is 0 Å². The number of phenolic OH excluding ortho intramolecular Hbond substituents is 1. The average Bonchev–Trinajstić information content (AvgIpc) is 3.60. The lowest BCUT2D eigenvalue weighted by atomic mass is 9.90. The van der Waals surface area contributed by atoms with E-state index >= 15 is 0 Å². The zero-order valence-electron chi connectivity index (χ0n) is 27.7. The summed E-state index contributed by atoms with van der Waals surface area (Å²) in [6.07, 6.45) is 4.34. The number of para-hydroxylation sites is 2. The Morgan fingerprint density at radius 2 is 1.35 bits per heavy atom. The maximum atomic E-state index is 11.5. The Balaban J connectivity index is 1.34. The summed E-state index contributed by atoms with van der Waals surface area (Å²) in [5, 5.41) is 13.7. The molecule has 0 saturated heterocycles. The predicted octanol–water partition coefficient (Wildman–Crippen LogP) is 10.8. The molecule has 0 spiro atoms. The molecule has 0 fully saturated rings. The SMILES string of the molecule is Cc1ccc(-c2ccc(-c3ccc4c(c3)oc3ccccc34)cc2O)c(C)c1-c1n(-c2c(C(C)C)cccc2C(C)C)cc[n+]1C. The van der Waals surface area contributed by atoms with E-state index in [9.17, 15) is 5.11 Å². The molecule has 0 aliphatic carbocycles. The van der Waals surface area contributed by atoms with E-state index < -0.39 is 0 Å². The van der Waals surface area contributed by atoms with Gasteiger partial charge in [-0.15, -0.1) is 0 Å². The molecule has 2 aromatic heterocycles. The molecule has 0 saturated carbocycles. The monoisotopic (exact) mass is 605 g/mol. The standard InChI is InChI=1S/C42H40N2O2/c1-25(2)31-12-10-13-32(26(3)4)41(31)44-22-21-43(7)42(44)40-27(5)15-18-33(28(40)6)34-19-16-29(23-37(34)45)30-17-20-36-35-11-8-9-14-38(35)46-39(36)24-30/h8-26H,1-7H3/p+1. The molecule has 230 valence electrons. The zero-order chi connectivity index (χ0) is 32.3. The first-order valence-corrected chi connectivity index (χ1v) is 16.2. The fraction of sp³-hybridized carbons (Fsp3) is 0.214. The number of benzene rings is 5. The number of aryl methyl sites for hydroxylation is 2. The van der Waals surface area contributed by atoms with Crippen LogP contribution in [0, 0.1) is 13.8 Å². The number of aromatic nitrogens is 2. The van der Waals surface area contributed by atoms with Crippen molar-refractivity contribution in [3.8, 4) is 45.1 Å². The van der Waals surface area contributed by atoms with Crippen LogP contribution in [0.2, 0.25) is 0 Å². The fourth-order valence-corrected chi connectivity index (χ4v) is 7.07. The summed E-state index contributed by atoms with van der Waals surface area (Å²) in [7, 11) is 2.12. The molecule has 4 heteroatoms. The third-order valence-electron chi connectivity index (χ3n) is 9.48. The van der Waals surface area contributed by atoms with Crippen LogP contribution in [0.15, 0.2) is 108 Å². The summed E-state index contributed by atoms with van der Waals surface area (Å²) >= 11 is 0. The second-order valence-corrected chi connectivity index (χ2v) is 13.2. The van der Waals surface area contributed by atoms with Crippen LogP contribution in [0.3, 0.4) is 0 Å². The first-order valence-electron chi connectivity index (χ1n) is 16.2. The number of nitrogens with zero attached hydrogens (tertiary/aromatic N) is 2. The highest BCUT2D eigenvalue weighted by Crippen LogP contribution is 2.41. The molecule has 0 radical (unpaired) electrons. The van der Waals surface area contributed by atoms with E-state index in [1.54, 1.807) is 0 Å². The number of phenols is 1. The van der Waals surface area contributed by atoms with E-state index in [-0.39, 0.29) is 5.75 Å². The van der Waals surface area contributed by atoms with Crippen LogP contribution in [0.25, 0.3) is 61.3 Å². The van der Waals surface area contributed by atoms with Gasteiger partial charge in [-0.2, -0.15) is 4.57 Å². The van der Waals surface area contributed by atoms with E-state index in [4.69, 9.17) is 4.42 Å². The van der Waals surface area contributed by atoms with Crippen molar-refractivity contribution in [3.63, 3.8) is 0 Å². The number of fused-ring (bicyclic) bond motifs is 3. The number of rotatable bonds is 6. The molecule has 46 heavy (non-hydrogen) atoms. The first kappa shape index (κ1) is 29.6. The number of aromatic hydroxyl groups is 1. The number of furan rings is 1. The lowest BCUT2D eigenvalue weighted by Gasteiger charge is -2.19. The van der Waals surface area contributed by atoms with Gasteiger partial charge in [0, 0.05) is 27.5 Å². The van der Waals surface area contributed by atoms with Crippen molar-refractivity contribution in [3.05, 3.63) is 126 Å². The summed E-state index contributed by atoms with van der Waals surface area (Å²) in [5.41, 5.74) is 13.0. The van der Waals surface area contributed by atoms with E-state index in [1.165, 1.54) is 27.9 Å². The predicted molar refractivity (Wildman–Crippen MR) is 190 cm³/mol. The molecule has 1 N–H and O–H groups in total. The van der Waals surface area contributed by atoms with Crippen LogP contribution in [0.5, 0.6) is 5.75 Å². The summed E-state index contributed by atoms with van der Waals surface area (Å²) in [6, 6.07) is 31.4. The van der Waals surface area contributed by atoms with Gasteiger partial charge < -0.3 is 9.52 Å². The second-order valence-electron chi connectivity index (χ2n) is 13.2. The molecule has 7 aromatic rings. The molecule has 0 bridgehead atoms. The van der Waals surface area contributed by atoms with Crippen LogP contribution < -0.4 is 4.57 Å². The normalized spacial score (nSPS) is 11.8. The van der Waals surface area contributed by atoms with E-state index in [2.05, 4.69) is 131 Å². The van der Waals surface area contributed by atoms with Gasteiger partial charge in [0.1, 0.15) is 35.0 Å². The third kappa shape index (κ3) is 4.80. The molecule has 0 unspecified atom stereocenters. The molecule has 0 aliphatic heterocycles. The molecular formula is C42H41N2O2+. The lowest BCUT2D eigenvalue weighted by molar-refractivity contribution is -0.659. The molecule has 0 amide bonds. The minimum Gasteiger partial charge on any atom is -0.507 e. The Kier molecular flexibility index (Phi) is 7.32. The largest absolute Gasteiger partial charge is 0.507 e. The highest BCUT2D eigenvalue weighted by Gasteiger charge is 2.29. The highest BCUT2D eigenvalue weighted by atomic mass is 16.3. The van der Waals surface area contributed by atoms with E-state index in [0.717, 1.165) is 55.6 Å². The Hall–Kier alpha value is -5.09. The maximum absolute atomic E-state index is 11.5. The minimum atomic E-state index is 0.257. The highest BCUT2D eigenvalue weighted by molar-refractivity contribution is 6.05. The number of hydrogen-bond acceptors (Lipinski definition) is 2. The van der Waals surface area contributed by atoms with Gasteiger partial charge in [0.2, 0.25) is 0 Å². The van der Waals surface area contributed by atoms with Crippen molar-refractivity contribution in [2.45, 2.75) is 53.4 Å². The van der Waals surface area contributed by atoms with Crippen molar-refractivity contribution in [2.75, 3.05) is 0 Å². The topological polar surface area (TPSA) is 42.2 Å². The van der Waals surface area contributed by atoms with Gasteiger partial charge in [0.05, 0.1) is 12.6 Å². The molecule has 2 heterocycles. The van der Waals surface area contributed by atoms with Crippen LogP contribution in [0.4, 0.5) is 0 Å². The lowest BCUT2D eigenvalue weighted by Crippen LogP contribution is -2.30. The van der Waals surface area contributed by atoms with Gasteiger partial charge in [0.25, 0.3) is 5.82 Å². The van der Waals surface area contributed by atoms with Crippen LogP contribution in [-0.2, 0) is 7.05 Å². The smallest absolute Gasteiger partial charge is 0.294 e. The molecule has 5 aromatic carbocycles. The van der Waals surface area contributed by atoms with Crippen LogP contribution in [-0.4, -0.2) is 9.67 Å². The number of hydrogen-bond donors (Lipinski definition) is 1. The summed E-state index contributed by atoms with van der Waals surface area (Å²) in [5.74, 6) is 2.14. The Morgan fingerprint density at radius 3 is 2.07 bits per heavy atom. The minimum absolute atomic E-state index is 0.257. The Morgan fingerprint density at radius 1 is 0.696 bits per heavy atom. The van der Waals surface area contributed by atoms with Crippen molar-refractivity contribution in [1.29, 1.82) is 0 Å². The first-order chi connectivity index (χ1) is 22.1. The van der Waals surface area contributed by atoms with Crippen molar-refractivity contribution in [1.82, 2.24) is 4.57 Å². The summed E-state index contributed by atoms with van der Waals surface area (Å²) < 4.78 is 10.7. The Bertz CT molecular complexity index is 2240. The van der Waals surface area contributed by atoms with Gasteiger partial charge in [-0.25, -0.2) is 4.57 Å². The zero-order valence-corrected chi connectivity index (χ0v) is 27.7. The molecule has 0 aliphatic rings. The molecule has 7 rings (SSSR count). The summed E-state index contributed by atoms with van der Waals surface area (Å²) in [6.45, 7) is 13.4. The Labute approximate surface area is 271 Å². The fourth-order valence-electron chi connectivity index (χ4n) is 7.07. The molecule has 0 atom stereocenters. The van der Waals surface area contributed by atoms with E-state index in [1.807, 2.05) is 30.3 Å². The summed E-state index contributed by atoms with van der Waals surface area (Å²) in [4.78, 5) is 0. The maximum Gasteiger partial charge on any atom is 0.294 e. The van der Waals surface area contributed by atoms with Crippen molar-refractivity contribution in [2.24, 2.45) is 7.05 Å². The van der Waals surface area contributed by atoms with Gasteiger partial charge in [-0.3, -0.25) is 0 Å². The second kappa shape index (κ2) is 11.4. The van der Waals surface area contributed by atoms with Crippen LogP contribution in [0.1, 0.15) is 61.8 Å². The van der Waals surface area contributed by atoms with E-state index in [0.29, 0.717) is 11.8 Å². The molecular weight excluding hydrogens is 564 g/mol. The van der Waals surface area contributed by atoms with Crippen LogP contribution >= 0.6 is 0 Å². The number of imidazole rings is 1. The van der Waals surface area contributed by atoms with Gasteiger partial charge in [-0.1, -0.05) is 94.4 Å². The van der Waals surface area contributed by atoms with Crippen molar-refractivity contribution >= 4 is 21.9 Å². The van der Waals surface area contributed by atoms with Gasteiger partial charge in [0.15, 0.2) is 0 Å².